The van der Waals surface area contributed by atoms with Crippen molar-refractivity contribution in [3.05, 3.63) is 42.9 Å². The molecule has 89 valence electrons. The van der Waals surface area contributed by atoms with Gasteiger partial charge in [-0.2, -0.15) is 0 Å². The van der Waals surface area contributed by atoms with Gasteiger partial charge in [0, 0.05) is 71.5 Å². The third-order valence-corrected chi connectivity index (χ3v) is 1.89. The Labute approximate surface area is 140 Å². The van der Waals surface area contributed by atoms with E-state index in [1.165, 1.54) is 4.57 Å². The van der Waals surface area contributed by atoms with Crippen molar-refractivity contribution in [3.8, 4) is 0 Å². The Balaban J connectivity index is 0. The molecule has 1 radical (unpaired) electrons. The molecule has 2 rings (SSSR count). The van der Waals surface area contributed by atoms with Gasteiger partial charge in [0.05, 0.1) is 0 Å². The van der Waals surface area contributed by atoms with Crippen molar-refractivity contribution in [2.24, 2.45) is 0 Å². The number of fused-ring (bicyclic) bond motifs is 1. The number of carbonyl (C=O) groups excluding carboxylic acids is 1. The van der Waals surface area contributed by atoms with Gasteiger partial charge in [0.25, 0.3) is 0 Å². The molecule has 0 spiro atoms. The van der Waals surface area contributed by atoms with Crippen LogP contribution in [0.1, 0.15) is 24.3 Å². The normalized spacial score (nSPS) is 8.35. The summed E-state index contributed by atoms with van der Waals surface area (Å²) in [6, 6.07) is 5.22. The number of nitrogens with one attached hydrogen (secondary N) is 1. The zero-order valence-electron chi connectivity index (χ0n) is 9.80. The smallest absolute Gasteiger partial charge is 0.0384 e. The van der Waals surface area contributed by atoms with Crippen LogP contribution in [0, 0.1) is 7.05 Å². The summed E-state index contributed by atoms with van der Waals surface area (Å²) in [7, 11) is 3.64. The van der Waals surface area contributed by atoms with Gasteiger partial charge in [-0.25, -0.2) is 0 Å². The second kappa shape index (κ2) is 8.85. The second-order valence-corrected chi connectivity index (χ2v) is 2.70. The van der Waals surface area contributed by atoms with Crippen LogP contribution in [0.2, 0.25) is 0 Å². The summed E-state index contributed by atoms with van der Waals surface area (Å²) < 4.78 is 1.38. The number of carbonyl (C=O) groups is 1. The van der Waals surface area contributed by atoms with Gasteiger partial charge in [-0.15, -0.1) is 7.05 Å². The van der Waals surface area contributed by atoms with Crippen LogP contribution < -0.4 is 0 Å². The van der Waals surface area contributed by atoms with Crippen LogP contribution in [0.5, 0.6) is 0 Å². The molecule has 17 heavy (non-hydrogen) atoms. The van der Waals surface area contributed by atoms with E-state index in [0.29, 0.717) is 5.65 Å². The third kappa shape index (κ3) is 4.20. The first-order chi connectivity index (χ1) is 7.20. The molecule has 0 aliphatic carbocycles. The molecule has 6 heteroatoms. The Morgan fingerprint density at radius 2 is 2.06 bits per heavy atom. The van der Waals surface area contributed by atoms with E-state index in [2.05, 4.69) is 12.0 Å². The maximum atomic E-state index is 10.8. The zero-order chi connectivity index (χ0) is 11.4. The molecule has 2 aromatic heterocycles. The first kappa shape index (κ1) is 19.2. The van der Waals surface area contributed by atoms with Crippen LogP contribution >= 0.6 is 0 Å². The largest absolute Gasteiger partial charge is 0.674 e. The van der Waals surface area contributed by atoms with Crippen molar-refractivity contribution in [2.75, 3.05) is 0 Å². The number of hydrogen-bond donors (Lipinski definition) is 0. The number of amides is 1. The summed E-state index contributed by atoms with van der Waals surface area (Å²) in [6.45, 7) is 4.00. The van der Waals surface area contributed by atoms with Gasteiger partial charge in [0.15, 0.2) is 0 Å². The first-order valence-electron chi connectivity index (χ1n) is 4.73. The number of rotatable bonds is 1. The summed E-state index contributed by atoms with van der Waals surface area (Å²) in [5.41, 5.74) is 7.85. The Morgan fingerprint density at radius 1 is 1.47 bits per heavy atom. The molecule has 2 heterocycles. The predicted molar refractivity (Wildman–Crippen MR) is 60.5 cm³/mol. The molecule has 0 fully saturated rings. The van der Waals surface area contributed by atoms with Crippen LogP contribution in [0.3, 0.4) is 0 Å². The average molecular weight is 476 g/mol. The van der Waals surface area contributed by atoms with Crippen molar-refractivity contribution in [2.45, 2.75) is 13.8 Å². The Hall–Kier alpha value is -0.178. The van der Waals surface area contributed by atoms with Crippen LogP contribution in [-0.4, -0.2) is 15.5 Å². The van der Waals surface area contributed by atoms with Gasteiger partial charge in [-0.3, -0.25) is 0 Å². The Morgan fingerprint density at radius 3 is 2.53 bits per heavy atom. The van der Waals surface area contributed by atoms with Crippen LogP contribution in [0.25, 0.3) is 16.8 Å². The molecule has 4 nitrogen and oxygen atoms in total. The molecule has 2 aromatic rings. The molecule has 1 N–H and O–H groups in total. The standard InChI is InChI=1S/C9H8N3O.C2H6.W.Y/c1-12-7(8(10)13)5-6-3-2-4-11-9(6)12;1-2;;/h2-5H,1H2,(H2,10,13);1-2H3;;/q-1;;;/p-1. The van der Waals surface area contributed by atoms with Crippen molar-refractivity contribution >= 4 is 16.9 Å². The molecule has 0 aromatic carbocycles. The molecule has 0 saturated heterocycles. The van der Waals surface area contributed by atoms with Crippen molar-refractivity contribution in [1.29, 1.82) is 0 Å². The zero-order valence-corrected chi connectivity index (χ0v) is 15.6. The second-order valence-electron chi connectivity index (χ2n) is 2.70. The molecule has 0 atom stereocenters. The van der Waals surface area contributed by atoms with E-state index in [4.69, 9.17) is 5.73 Å². The van der Waals surface area contributed by atoms with Crippen LogP contribution in [-0.2, 0) is 53.8 Å². The van der Waals surface area contributed by atoms with E-state index in [-0.39, 0.29) is 59.5 Å². The van der Waals surface area contributed by atoms with Crippen molar-refractivity contribution in [3.63, 3.8) is 0 Å². The van der Waals surface area contributed by atoms with E-state index in [9.17, 15) is 4.79 Å². The van der Waals surface area contributed by atoms with Crippen LogP contribution in [0.4, 0.5) is 0 Å². The third-order valence-electron chi connectivity index (χ3n) is 1.89. The van der Waals surface area contributed by atoms with Gasteiger partial charge in [-0.05, 0) is 17.1 Å². The number of hydrogen-bond acceptors (Lipinski definition) is 2. The summed E-state index contributed by atoms with van der Waals surface area (Å²) in [4.78, 5) is 14.9. The maximum absolute atomic E-state index is 10.8. The fourth-order valence-electron chi connectivity index (χ4n) is 1.28. The monoisotopic (exact) mass is 476 g/mol. The minimum Gasteiger partial charge on any atom is -0.674 e. The van der Waals surface area contributed by atoms with Gasteiger partial charge in [0.1, 0.15) is 0 Å². The summed E-state index contributed by atoms with van der Waals surface area (Å²) >= 11 is 0. The van der Waals surface area contributed by atoms with Gasteiger partial charge < -0.3 is 20.1 Å². The molecule has 1 amide bonds. The van der Waals surface area contributed by atoms with E-state index in [1.807, 2.05) is 19.9 Å². The first-order valence-corrected chi connectivity index (χ1v) is 4.73. The predicted octanol–water partition coefficient (Wildman–Crippen LogP) is 2.89. The topological polar surface area (TPSA) is 58.7 Å². The van der Waals surface area contributed by atoms with E-state index >= 15 is 0 Å². The molecule has 0 unspecified atom stereocenters. The molecular formula is C11H13N3OWY-2. The number of pyridine rings is 1. The van der Waals surface area contributed by atoms with Gasteiger partial charge >= 0.3 is 0 Å². The molecule has 0 aliphatic rings. The SMILES string of the molecule is CC.[CH2-]n1c(C([NH-])=O)cc2cccnc21.[W].[Y]. The van der Waals surface area contributed by atoms with Crippen molar-refractivity contribution < 1.29 is 58.6 Å². The quantitative estimate of drug-likeness (QED) is 0.595. The minimum atomic E-state index is -0.743. The molecule has 0 bridgehead atoms. The Bertz CT molecular complexity index is 485. The average Bonchev–Trinajstić information content (AvgIpc) is 2.60. The van der Waals surface area contributed by atoms with E-state index in [0.717, 1.165) is 5.39 Å². The van der Waals surface area contributed by atoms with Gasteiger partial charge in [-0.1, -0.05) is 26.0 Å². The van der Waals surface area contributed by atoms with E-state index in [1.54, 1.807) is 18.3 Å². The Kier molecular flexibility index (Phi) is 9.98. The summed E-state index contributed by atoms with van der Waals surface area (Å²) in [6.07, 6.45) is 1.63. The van der Waals surface area contributed by atoms with E-state index < -0.39 is 5.91 Å². The summed E-state index contributed by atoms with van der Waals surface area (Å²) in [5.74, 6) is -0.743. The van der Waals surface area contributed by atoms with Crippen LogP contribution in [0.15, 0.2) is 24.4 Å². The van der Waals surface area contributed by atoms with Gasteiger partial charge in [0.2, 0.25) is 0 Å². The fourth-order valence-corrected chi connectivity index (χ4v) is 1.28. The number of nitrogens with zero attached hydrogens (tertiary/aromatic N) is 2. The minimum absolute atomic E-state index is 0. The molecular weight excluding hydrogens is 463 g/mol. The molecule has 0 aliphatic heterocycles. The molecule has 0 saturated carbocycles. The fraction of sp³-hybridized carbons (Fsp3) is 0.182. The summed E-state index contributed by atoms with van der Waals surface area (Å²) in [5, 5.41) is 0.827. The van der Waals surface area contributed by atoms with Crippen molar-refractivity contribution in [1.82, 2.24) is 9.55 Å². The number of aromatic nitrogens is 2. The maximum Gasteiger partial charge on any atom is 0.0384 e.